The van der Waals surface area contributed by atoms with Crippen molar-refractivity contribution in [1.29, 1.82) is 0 Å². The molecule has 0 fully saturated rings. The molecule has 174 valence electrons. The Kier molecular flexibility index (Phi) is 7.06. The van der Waals surface area contributed by atoms with Crippen LogP contribution < -0.4 is 14.5 Å². The number of nitro groups is 1. The summed E-state index contributed by atoms with van der Waals surface area (Å²) in [6.07, 6.45) is -3.13. The molecule has 1 amide bonds. The SMILES string of the molecule is CCCOc1cc(Br)c(/C=C2/C(=O)N(c3ccc([N+](=O)[O-])cc3)N=C2C(F)(F)F)cc1OC. The summed E-state index contributed by atoms with van der Waals surface area (Å²) < 4.78 is 52.3. The van der Waals surface area contributed by atoms with E-state index in [1.807, 2.05) is 6.92 Å². The molecule has 0 saturated heterocycles. The number of nitrogens with zero attached hydrogens (tertiary/aromatic N) is 3. The maximum atomic E-state index is 13.7. The third kappa shape index (κ3) is 5.16. The Morgan fingerprint density at radius 3 is 2.42 bits per heavy atom. The van der Waals surface area contributed by atoms with Crippen LogP contribution in [-0.2, 0) is 4.79 Å². The van der Waals surface area contributed by atoms with Crippen molar-refractivity contribution in [3.8, 4) is 11.5 Å². The Morgan fingerprint density at radius 1 is 1.21 bits per heavy atom. The Hall–Kier alpha value is -3.41. The van der Waals surface area contributed by atoms with Crippen molar-refractivity contribution in [1.82, 2.24) is 0 Å². The van der Waals surface area contributed by atoms with Crippen LogP contribution >= 0.6 is 15.9 Å². The van der Waals surface area contributed by atoms with Crippen LogP contribution in [0, 0.1) is 10.1 Å². The lowest BCUT2D eigenvalue weighted by molar-refractivity contribution is -0.384. The number of rotatable bonds is 7. The van der Waals surface area contributed by atoms with Crippen molar-refractivity contribution in [2.45, 2.75) is 19.5 Å². The molecule has 1 heterocycles. The summed E-state index contributed by atoms with van der Waals surface area (Å²) >= 11 is 3.29. The van der Waals surface area contributed by atoms with Crippen LogP contribution in [0.3, 0.4) is 0 Å². The van der Waals surface area contributed by atoms with Crippen LogP contribution in [0.15, 0.2) is 51.5 Å². The fourth-order valence-electron chi connectivity index (χ4n) is 2.95. The van der Waals surface area contributed by atoms with E-state index in [2.05, 4.69) is 21.0 Å². The van der Waals surface area contributed by atoms with Gasteiger partial charge in [0, 0.05) is 16.6 Å². The minimum atomic E-state index is -4.92. The van der Waals surface area contributed by atoms with E-state index < -0.39 is 28.3 Å². The number of carbonyl (C=O) groups excluding carboxylic acids is 1. The number of carbonyl (C=O) groups is 1. The van der Waals surface area contributed by atoms with Gasteiger partial charge in [0.05, 0.1) is 29.9 Å². The lowest BCUT2D eigenvalue weighted by atomic mass is 10.1. The number of methoxy groups -OCH3 is 1. The molecule has 2 aromatic carbocycles. The molecule has 1 aliphatic rings. The second-order valence-corrected chi connectivity index (χ2v) is 7.62. The molecule has 0 N–H and O–H groups in total. The van der Waals surface area contributed by atoms with E-state index in [0.29, 0.717) is 21.8 Å². The zero-order valence-electron chi connectivity index (χ0n) is 17.4. The van der Waals surface area contributed by atoms with Gasteiger partial charge < -0.3 is 9.47 Å². The Labute approximate surface area is 194 Å². The molecule has 0 spiro atoms. The molecule has 12 heteroatoms. The first kappa shape index (κ1) is 24.2. The average molecular weight is 528 g/mol. The lowest BCUT2D eigenvalue weighted by Crippen LogP contribution is -2.25. The number of benzene rings is 2. The normalized spacial score (nSPS) is 15.1. The number of nitro benzene ring substituents is 1. The minimum Gasteiger partial charge on any atom is -0.493 e. The predicted octanol–water partition coefficient (Wildman–Crippen LogP) is 5.50. The van der Waals surface area contributed by atoms with Crippen molar-refractivity contribution in [3.05, 3.63) is 62.1 Å². The second kappa shape index (κ2) is 9.61. The van der Waals surface area contributed by atoms with Gasteiger partial charge in [0.2, 0.25) is 0 Å². The summed E-state index contributed by atoms with van der Waals surface area (Å²) in [5.41, 5.74) is -2.16. The maximum absolute atomic E-state index is 13.7. The van der Waals surface area contributed by atoms with Gasteiger partial charge in [-0.15, -0.1) is 0 Å². The van der Waals surface area contributed by atoms with Crippen LogP contribution in [0.5, 0.6) is 11.5 Å². The predicted molar refractivity (Wildman–Crippen MR) is 119 cm³/mol. The van der Waals surface area contributed by atoms with Crippen LogP contribution in [0.1, 0.15) is 18.9 Å². The average Bonchev–Trinajstić information content (AvgIpc) is 3.10. The minimum absolute atomic E-state index is 0.0456. The van der Waals surface area contributed by atoms with E-state index in [9.17, 15) is 28.1 Å². The molecule has 0 saturated carbocycles. The van der Waals surface area contributed by atoms with Gasteiger partial charge in [0.25, 0.3) is 11.6 Å². The number of hydrazone groups is 1. The molecule has 3 rings (SSSR count). The molecule has 0 radical (unpaired) electrons. The van der Waals surface area contributed by atoms with Gasteiger partial charge in [-0.1, -0.05) is 22.9 Å². The van der Waals surface area contributed by atoms with Gasteiger partial charge in [-0.25, -0.2) is 0 Å². The molecule has 33 heavy (non-hydrogen) atoms. The molecule has 1 aliphatic heterocycles. The van der Waals surface area contributed by atoms with Crippen LogP contribution in [0.2, 0.25) is 0 Å². The van der Waals surface area contributed by atoms with Crippen molar-refractivity contribution < 1.29 is 32.4 Å². The summed E-state index contributed by atoms with van der Waals surface area (Å²) in [5.74, 6) is -0.363. The number of alkyl halides is 3. The molecule has 2 aromatic rings. The molecular formula is C21H17BrF3N3O5. The number of non-ortho nitro benzene ring substituents is 1. The number of hydrogen-bond donors (Lipinski definition) is 0. The summed E-state index contributed by atoms with van der Waals surface area (Å²) in [4.78, 5) is 23.1. The van der Waals surface area contributed by atoms with Crippen molar-refractivity contribution in [2.24, 2.45) is 5.10 Å². The number of amides is 1. The summed E-state index contributed by atoms with van der Waals surface area (Å²) in [5, 5.41) is 14.8. The molecule has 0 atom stereocenters. The van der Waals surface area contributed by atoms with E-state index in [1.165, 1.54) is 13.2 Å². The Balaban J connectivity index is 2.05. The van der Waals surface area contributed by atoms with Crippen molar-refractivity contribution in [3.63, 3.8) is 0 Å². The van der Waals surface area contributed by atoms with Gasteiger partial charge in [-0.2, -0.15) is 23.3 Å². The van der Waals surface area contributed by atoms with Crippen molar-refractivity contribution >= 4 is 45.0 Å². The quantitative estimate of drug-likeness (QED) is 0.269. The number of ether oxygens (including phenoxy) is 2. The number of hydrogen-bond acceptors (Lipinski definition) is 6. The molecule has 0 bridgehead atoms. The van der Waals surface area contributed by atoms with E-state index >= 15 is 0 Å². The van der Waals surface area contributed by atoms with Gasteiger partial charge in [0.1, 0.15) is 0 Å². The van der Waals surface area contributed by atoms with Gasteiger partial charge in [0.15, 0.2) is 17.2 Å². The van der Waals surface area contributed by atoms with Crippen molar-refractivity contribution in [2.75, 3.05) is 18.7 Å². The third-order valence-corrected chi connectivity index (χ3v) is 5.18. The summed E-state index contributed by atoms with van der Waals surface area (Å²) in [6.45, 7) is 2.33. The van der Waals surface area contributed by atoms with E-state index in [0.717, 1.165) is 36.8 Å². The first-order chi connectivity index (χ1) is 15.6. The van der Waals surface area contributed by atoms with E-state index in [-0.39, 0.29) is 22.7 Å². The second-order valence-electron chi connectivity index (χ2n) is 6.77. The highest BCUT2D eigenvalue weighted by atomic mass is 79.9. The smallest absolute Gasteiger partial charge is 0.435 e. The standard InChI is InChI=1S/C21H17BrF3N3O5/c1-3-8-33-18-11-16(22)12(10-17(18)32-2)9-15-19(21(23,24)25)26-27(20(15)29)13-4-6-14(7-5-13)28(30)31/h4-7,9-11H,3,8H2,1-2H3/b15-9+. The molecular weight excluding hydrogens is 511 g/mol. The topological polar surface area (TPSA) is 94.3 Å². The fraction of sp³-hybridized carbons (Fsp3) is 0.238. The largest absolute Gasteiger partial charge is 0.493 e. The highest BCUT2D eigenvalue weighted by Crippen LogP contribution is 2.37. The Morgan fingerprint density at radius 2 is 1.88 bits per heavy atom. The summed E-state index contributed by atoms with van der Waals surface area (Å²) in [7, 11) is 1.39. The zero-order valence-corrected chi connectivity index (χ0v) is 18.9. The van der Waals surface area contributed by atoms with E-state index in [1.54, 1.807) is 6.07 Å². The lowest BCUT2D eigenvalue weighted by Gasteiger charge is -2.13. The summed E-state index contributed by atoms with van der Waals surface area (Å²) in [6, 6.07) is 7.43. The van der Waals surface area contributed by atoms with Gasteiger partial charge in [-0.05, 0) is 42.3 Å². The molecule has 0 aromatic heterocycles. The fourth-order valence-corrected chi connectivity index (χ4v) is 3.38. The number of halogens is 4. The molecule has 0 aliphatic carbocycles. The monoisotopic (exact) mass is 527 g/mol. The Bertz CT molecular complexity index is 1150. The highest BCUT2D eigenvalue weighted by Gasteiger charge is 2.47. The van der Waals surface area contributed by atoms with Crippen LogP contribution in [-0.4, -0.2) is 36.4 Å². The maximum Gasteiger partial charge on any atom is 0.435 e. The van der Waals surface area contributed by atoms with E-state index in [4.69, 9.17) is 9.47 Å². The first-order valence-corrected chi connectivity index (χ1v) is 10.3. The van der Waals surface area contributed by atoms with Crippen LogP contribution in [0.25, 0.3) is 6.08 Å². The highest BCUT2D eigenvalue weighted by molar-refractivity contribution is 9.10. The zero-order chi connectivity index (χ0) is 24.3. The number of anilines is 1. The van der Waals surface area contributed by atoms with Gasteiger partial charge >= 0.3 is 6.18 Å². The van der Waals surface area contributed by atoms with Gasteiger partial charge in [-0.3, -0.25) is 14.9 Å². The van der Waals surface area contributed by atoms with Crippen LogP contribution in [0.4, 0.5) is 24.5 Å². The first-order valence-electron chi connectivity index (χ1n) is 9.54. The third-order valence-electron chi connectivity index (χ3n) is 4.50. The molecule has 0 unspecified atom stereocenters. The molecule has 8 nitrogen and oxygen atoms in total.